The summed E-state index contributed by atoms with van der Waals surface area (Å²) in [5, 5.41) is 16.3. The lowest BCUT2D eigenvalue weighted by molar-refractivity contribution is -0.137. The standard InChI is InChI=1S/C12H23N3O4/c1-4-8(2)14-10(16)5-6-13-12(19)15-9(3)7-11(17)18/h8-9H,4-7H2,1-3H3,(H,14,16)(H,17,18)(H2,13,15,19). The Balaban J connectivity index is 3.74. The maximum absolute atomic E-state index is 11.4. The minimum Gasteiger partial charge on any atom is -0.481 e. The van der Waals surface area contributed by atoms with Gasteiger partial charge in [-0.2, -0.15) is 0 Å². The second kappa shape index (κ2) is 9.18. The Hall–Kier alpha value is -1.79. The van der Waals surface area contributed by atoms with Crippen LogP contribution in [0.2, 0.25) is 0 Å². The summed E-state index contributed by atoms with van der Waals surface area (Å²) in [7, 11) is 0. The Morgan fingerprint density at radius 2 is 1.74 bits per heavy atom. The van der Waals surface area contributed by atoms with E-state index in [9.17, 15) is 14.4 Å². The molecular weight excluding hydrogens is 250 g/mol. The Kier molecular flexibility index (Phi) is 8.32. The zero-order chi connectivity index (χ0) is 14.8. The van der Waals surface area contributed by atoms with Gasteiger partial charge < -0.3 is 21.1 Å². The van der Waals surface area contributed by atoms with Crippen molar-refractivity contribution in [3.8, 4) is 0 Å². The highest BCUT2D eigenvalue weighted by Crippen LogP contribution is 1.91. The van der Waals surface area contributed by atoms with E-state index in [-0.39, 0.29) is 31.3 Å². The number of hydrogen-bond donors (Lipinski definition) is 4. The quantitative estimate of drug-likeness (QED) is 0.515. The van der Waals surface area contributed by atoms with Crippen LogP contribution in [0.1, 0.15) is 40.0 Å². The van der Waals surface area contributed by atoms with Gasteiger partial charge in [-0.3, -0.25) is 9.59 Å². The van der Waals surface area contributed by atoms with Gasteiger partial charge in [0.05, 0.1) is 6.42 Å². The van der Waals surface area contributed by atoms with Crippen molar-refractivity contribution < 1.29 is 19.5 Å². The molecule has 0 aliphatic rings. The van der Waals surface area contributed by atoms with Crippen LogP contribution < -0.4 is 16.0 Å². The summed E-state index contributed by atoms with van der Waals surface area (Å²) in [5.74, 6) is -1.09. The molecular formula is C12H23N3O4. The fourth-order valence-electron chi connectivity index (χ4n) is 1.33. The monoisotopic (exact) mass is 273 g/mol. The molecule has 2 atom stereocenters. The lowest BCUT2D eigenvalue weighted by Crippen LogP contribution is -2.43. The van der Waals surface area contributed by atoms with Crippen molar-refractivity contribution in [2.24, 2.45) is 0 Å². The van der Waals surface area contributed by atoms with E-state index in [1.807, 2.05) is 13.8 Å². The van der Waals surface area contributed by atoms with Crippen molar-refractivity contribution in [1.82, 2.24) is 16.0 Å². The molecule has 0 aliphatic carbocycles. The maximum Gasteiger partial charge on any atom is 0.315 e. The molecule has 0 saturated heterocycles. The van der Waals surface area contributed by atoms with Crippen LogP contribution in [0.3, 0.4) is 0 Å². The Morgan fingerprint density at radius 1 is 1.11 bits per heavy atom. The molecule has 0 radical (unpaired) electrons. The number of urea groups is 1. The van der Waals surface area contributed by atoms with E-state index >= 15 is 0 Å². The summed E-state index contributed by atoms with van der Waals surface area (Å²) in [5.41, 5.74) is 0. The van der Waals surface area contributed by atoms with Gasteiger partial charge in [0, 0.05) is 25.0 Å². The summed E-state index contributed by atoms with van der Waals surface area (Å²) in [6, 6.07) is -0.798. The Morgan fingerprint density at radius 3 is 2.26 bits per heavy atom. The summed E-state index contributed by atoms with van der Waals surface area (Å²) >= 11 is 0. The number of carboxylic acids is 1. The normalized spacial score (nSPS) is 13.2. The summed E-state index contributed by atoms with van der Waals surface area (Å²) < 4.78 is 0. The largest absolute Gasteiger partial charge is 0.481 e. The zero-order valence-electron chi connectivity index (χ0n) is 11.7. The molecule has 0 spiro atoms. The van der Waals surface area contributed by atoms with E-state index in [1.165, 1.54) is 0 Å². The molecule has 7 heteroatoms. The number of aliphatic carboxylic acids is 1. The second-order valence-electron chi connectivity index (χ2n) is 4.53. The van der Waals surface area contributed by atoms with Gasteiger partial charge in [0.25, 0.3) is 0 Å². The van der Waals surface area contributed by atoms with Crippen LogP contribution >= 0.6 is 0 Å². The molecule has 19 heavy (non-hydrogen) atoms. The van der Waals surface area contributed by atoms with Crippen LogP contribution in [-0.4, -0.2) is 41.6 Å². The minimum atomic E-state index is -0.972. The van der Waals surface area contributed by atoms with Crippen LogP contribution in [0.15, 0.2) is 0 Å². The van der Waals surface area contributed by atoms with Crippen molar-refractivity contribution in [3.63, 3.8) is 0 Å². The average molecular weight is 273 g/mol. The molecule has 0 rings (SSSR count). The highest BCUT2D eigenvalue weighted by atomic mass is 16.4. The molecule has 110 valence electrons. The van der Waals surface area contributed by atoms with Crippen LogP contribution in [0.5, 0.6) is 0 Å². The Labute approximate surface area is 113 Å². The van der Waals surface area contributed by atoms with E-state index in [4.69, 9.17) is 5.11 Å². The first-order valence-corrected chi connectivity index (χ1v) is 6.40. The highest BCUT2D eigenvalue weighted by molar-refractivity contribution is 5.78. The number of carbonyl (C=O) groups is 3. The summed E-state index contributed by atoms with van der Waals surface area (Å²) in [4.78, 5) is 33.2. The second-order valence-corrected chi connectivity index (χ2v) is 4.53. The van der Waals surface area contributed by atoms with Crippen molar-refractivity contribution in [2.45, 2.75) is 52.1 Å². The van der Waals surface area contributed by atoms with Crippen molar-refractivity contribution in [1.29, 1.82) is 0 Å². The Bertz CT molecular complexity index is 320. The molecule has 3 amide bonds. The number of amides is 3. The van der Waals surface area contributed by atoms with E-state index < -0.39 is 18.0 Å². The van der Waals surface area contributed by atoms with Gasteiger partial charge in [0.2, 0.25) is 5.91 Å². The topological polar surface area (TPSA) is 108 Å². The third kappa shape index (κ3) is 9.87. The lowest BCUT2D eigenvalue weighted by Gasteiger charge is -2.13. The van der Waals surface area contributed by atoms with E-state index in [0.29, 0.717) is 0 Å². The molecule has 0 aromatic heterocycles. The molecule has 0 fully saturated rings. The van der Waals surface area contributed by atoms with Crippen LogP contribution in [-0.2, 0) is 9.59 Å². The third-order valence-electron chi connectivity index (χ3n) is 2.52. The first-order chi connectivity index (χ1) is 8.85. The van der Waals surface area contributed by atoms with Crippen molar-refractivity contribution in [2.75, 3.05) is 6.54 Å². The molecule has 4 N–H and O–H groups in total. The van der Waals surface area contributed by atoms with Gasteiger partial charge in [0.1, 0.15) is 0 Å². The van der Waals surface area contributed by atoms with Crippen molar-refractivity contribution in [3.05, 3.63) is 0 Å². The number of nitrogens with one attached hydrogen (secondary N) is 3. The van der Waals surface area contributed by atoms with Gasteiger partial charge in [-0.25, -0.2) is 4.79 Å². The minimum absolute atomic E-state index is 0.117. The molecule has 0 aromatic rings. The van der Waals surface area contributed by atoms with Crippen LogP contribution in [0.4, 0.5) is 4.79 Å². The lowest BCUT2D eigenvalue weighted by atomic mass is 10.2. The van der Waals surface area contributed by atoms with E-state index in [2.05, 4.69) is 16.0 Å². The molecule has 0 aromatic carbocycles. The highest BCUT2D eigenvalue weighted by Gasteiger charge is 2.11. The zero-order valence-corrected chi connectivity index (χ0v) is 11.7. The SMILES string of the molecule is CCC(C)NC(=O)CCNC(=O)NC(C)CC(=O)O. The summed E-state index contributed by atoms with van der Waals surface area (Å²) in [6.45, 7) is 5.70. The molecule has 0 saturated carbocycles. The number of carbonyl (C=O) groups excluding carboxylic acids is 2. The predicted molar refractivity (Wildman–Crippen MR) is 70.8 cm³/mol. The maximum atomic E-state index is 11.4. The molecule has 2 unspecified atom stereocenters. The number of hydrogen-bond acceptors (Lipinski definition) is 3. The van der Waals surface area contributed by atoms with Gasteiger partial charge in [-0.1, -0.05) is 6.92 Å². The molecule has 0 aliphatic heterocycles. The molecule has 0 heterocycles. The van der Waals surface area contributed by atoms with Crippen molar-refractivity contribution >= 4 is 17.9 Å². The fourth-order valence-corrected chi connectivity index (χ4v) is 1.33. The van der Waals surface area contributed by atoms with E-state index in [1.54, 1.807) is 6.92 Å². The van der Waals surface area contributed by atoms with Gasteiger partial charge >= 0.3 is 12.0 Å². The third-order valence-corrected chi connectivity index (χ3v) is 2.52. The van der Waals surface area contributed by atoms with Crippen LogP contribution in [0.25, 0.3) is 0 Å². The molecule has 7 nitrogen and oxygen atoms in total. The van der Waals surface area contributed by atoms with E-state index in [0.717, 1.165) is 6.42 Å². The van der Waals surface area contributed by atoms with Gasteiger partial charge in [-0.15, -0.1) is 0 Å². The summed E-state index contributed by atoms with van der Waals surface area (Å²) in [6.07, 6.45) is 0.916. The van der Waals surface area contributed by atoms with Crippen LogP contribution in [0, 0.1) is 0 Å². The smallest absolute Gasteiger partial charge is 0.315 e. The number of rotatable bonds is 8. The fraction of sp³-hybridized carbons (Fsp3) is 0.750. The van der Waals surface area contributed by atoms with Gasteiger partial charge in [0.15, 0.2) is 0 Å². The predicted octanol–water partition coefficient (Wildman–Crippen LogP) is 0.454. The average Bonchev–Trinajstić information content (AvgIpc) is 2.27. The first-order valence-electron chi connectivity index (χ1n) is 6.40. The number of carboxylic acid groups (broad SMARTS) is 1. The first kappa shape index (κ1) is 17.2. The van der Waals surface area contributed by atoms with Gasteiger partial charge in [-0.05, 0) is 20.3 Å². The molecule has 0 bridgehead atoms.